The zero-order chi connectivity index (χ0) is 26.4. The van der Waals surface area contributed by atoms with E-state index in [2.05, 4.69) is 5.32 Å². The minimum absolute atomic E-state index is 0.0736. The number of fused-ring (bicyclic) bond motifs is 1. The zero-order valence-electron chi connectivity index (χ0n) is 20.9. The van der Waals surface area contributed by atoms with E-state index in [4.69, 9.17) is 32.7 Å². The molecule has 0 saturated heterocycles. The van der Waals surface area contributed by atoms with E-state index in [0.29, 0.717) is 34.4 Å². The van der Waals surface area contributed by atoms with Gasteiger partial charge in [0.2, 0.25) is 18.6 Å². The molecule has 0 bridgehead atoms. The summed E-state index contributed by atoms with van der Waals surface area (Å²) in [4.78, 5) is 28.9. The summed E-state index contributed by atoms with van der Waals surface area (Å²) in [5, 5.41) is 3.95. The van der Waals surface area contributed by atoms with E-state index in [1.165, 1.54) is 0 Å². The van der Waals surface area contributed by atoms with Crippen molar-refractivity contribution in [2.24, 2.45) is 0 Å². The van der Waals surface area contributed by atoms with Gasteiger partial charge in [0.25, 0.3) is 0 Å². The molecule has 3 aromatic carbocycles. The van der Waals surface area contributed by atoms with Crippen molar-refractivity contribution in [1.29, 1.82) is 0 Å². The highest BCUT2D eigenvalue weighted by molar-refractivity contribution is 6.35. The molecular weight excluding hydrogens is 511 g/mol. The molecule has 1 N–H and O–H groups in total. The van der Waals surface area contributed by atoms with Gasteiger partial charge in [-0.15, -0.1) is 0 Å². The molecule has 194 valence electrons. The number of carbonyl (C=O) groups excluding carboxylic acids is 2. The van der Waals surface area contributed by atoms with Crippen LogP contribution in [-0.2, 0) is 29.0 Å². The summed E-state index contributed by atoms with van der Waals surface area (Å²) >= 11 is 12.6. The second-order valence-corrected chi connectivity index (χ2v) is 10.2. The van der Waals surface area contributed by atoms with Crippen molar-refractivity contribution in [3.63, 3.8) is 0 Å². The highest BCUT2D eigenvalue weighted by Gasteiger charge is 2.31. The Labute approximate surface area is 227 Å². The third-order valence-electron chi connectivity index (χ3n) is 6.12. The number of nitrogens with one attached hydrogen (secondary N) is 1. The summed E-state index contributed by atoms with van der Waals surface area (Å²) in [6.45, 7) is 4.18. The number of benzene rings is 3. The van der Waals surface area contributed by atoms with Crippen LogP contribution in [0.4, 0.5) is 0 Å². The molecule has 6 nitrogen and oxygen atoms in total. The Morgan fingerprint density at radius 2 is 1.70 bits per heavy atom. The summed E-state index contributed by atoms with van der Waals surface area (Å²) in [6.07, 6.45) is 1.08. The van der Waals surface area contributed by atoms with Crippen molar-refractivity contribution in [2.75, 3.05) is 6.79 Å². The van der Waals surface area contributed by atoms with Crippen LogP contribution in [0.1, 0.15) is 37.0 Å². The number of hydrogen-bond donors (Lipinski definition) is 1. The van der Waals surface area contributed by atoms with Crippen LogP contribution in [0.2, 0.25) is 10.0 Å². The molecule has 37 heavy (non-hydrogen) atoms. The molecular formula is C29H30Cl2N2O4. The van der Waals surface area contributed by atoms with E-state index < -0.39 is 6.04 Å². The first-order valence-corrected chi connectivity index (χ1v) is 13.0. The Morgan fingerprint density at radius 3 is 2.43 bits per heavy atom. The van der Waals surface area contributed by atoms with Crippen LogP contribution in [0, 0.1) is 0 Å². The predicted octanol–water partition coefficient (Wildman–Crippen LogP) is 5.82. The van der Waals surface area contributed by atoms with Gasteiger partial charge in [0.1, 0.15) is 6.04 Å². The number of carbonyl (C=O) groups is 2. The molecule has 8 heteroatoms. The Hall–Kier alpha value is -3.22. The Morgan fingerprint density at radius 1 is 0.946 bits per heavy atom. The van der Waals surface area contributed by atoms with Crippen molar-refractivity contribution in [3.05, 3.63) is 93.5 Å². The Balaban J connectivity index is 1.62. The summed E-state index contributed by atoms with van der Waals surface area (Å²) in [6, 6.07) is 19.7. The Kier molecular flexibility index (Phi) is 8.95. The first kappa shape index (κ1) is 26.8. The summed E-state index contributed by atoms with van der Waals surface area (Å²) < 4.78 is 10.9. The second kappa shape index (κ2) is 12.3. The fraction of sp³-hybridized carbons (Fsp3) is 0.310. The van der Waals surface area contributed by atoms with Crippen molar-refractivity contribution < 1.29 is 19.1 Å². The lowest BCUT2D eigenvalue weighted by Gasteiger charge is -2.32. The molecule has 0 fully saturated rings. The smallest absolute Gasteiger partial charge is 0.243 e. The van der Waals surface area contributed by atoms with Gasteiger partial charge < -0.3 is 19.7 Å². The van der Waals surface area contributed by atoms with Gasteiger partial charge in [0.05, 0.1) is 0 Å². The van der Waals surface area contributed by atoms with Gasteiger partial charge in [-0.25, -0.2) is 0 Å². The largest absolute Gasteiger partial charge is 0.454 e. The lowest BCUT2D eigenvalue weighted by atomic mass is 10.0. The summed E-state index contributed by atoms with van der Waals surface area (Å²) in [5.41, 5.74) is 2.63. The average molecular weight is 541 g/mol. The van der Waals surface area contributed by atoms with E-state index in [1.54, 1.807) is 23.1 Å². The molecule has 4 rings (SSSR count). The monoisotopic (exact) mass is 540 g/mol. The fourth-order valence-electron chi connectivity index (χ4n) is 4.26. The van der Waals surface area contributed by atoms with Gasteiger partial charge >= 0.3 is 0 Å². The predicted molar refractivity (Wildman–Crippen MR) is 145 cm³/mol. The maximum atomic E-state index is 13.8. The first-order chi connectivity index (χ1) is 17.8. The van der Waals surface area contributed by atoms with Gasteiger partial charge in [0, 0.05) is 35.5 Å². The van der Waals surface area contributed by atoms with Gasteiger partial charge in [-0.1, -0.05) is 65.7 Å². The maximum Gasteiger partial charge on any atom is 0.243 e. The number of ether oxygens (including phenoxy) is 2. The molecule has 0 aliphatic carbocycles. The summed E-state index contributed by atoms with van der Waals surface area (Å²) in [7, 11) is 0. The zero-order valence-corrected chi connectivity index (χ0v) is 22.4. The van der Waals surface area contributed by atoms with Crippen LogP contribution in [0.3, 0.4) is 0 Å². The van der Waals surface area contributed by atoms with Crippen LogP contribution in [0.5, 0.6) is 11.5 Å². The van der Waals surface area contributed by atoms with Crippen LogP contribution in [-0.4, -0.2) is 35.6 Å². The lowest BCUT2D eigenvalue weighted by molar-refractivity contribution is -0.141. The minimum Gasteiger partial charge on any atom is -0.454 e. The van der Waals surface area contributed by atoms with Gasteiger partial charge in [-0.2, -0.15) is 0 Å². The molecule has 0 radical (unpaired) electrons. The van der Waals surface area contributed by atoms with E-state index in [0.717, 1.165) is 16.7 Å². The average Bonchev–Trinajstić information content (AvgIpc) is 3.34. The molecule has 0 unspecified atom stereocenters. The second-order valence-electron chi connectivity index (χ2n) is 9.31. The molecule has 1 aliphatic heterocycles. The van der Waals surface area contributed by atoms with Crippen LogP contribution >= 0.6 is 23.2 Å². The molecule has 1 aliphatic rings. The summed E-state index contributed by atoms with van der Waals surface area (Å²) in [5.74, 6) is 1.01. The number of aryl methyl sites for hydroxylation is 1. The third-order valence-corrected chi connectivity index (χ3v) is 6.71. The number of amides is 2. The SMILES string of the molecule is CC(C)NC(=O)[C@H](Cc1ccccc1)N(Cc1ccc(Cl)cc1Cl)C(=O)CCc1ccc2c(c1)OCO2. The van der Waals surface area contributed by atoms with Crippen molar-refractivity contribution in [2.45, 2.75) is 51.7 Å². The van der Waals surface area contributed by atoms with E-state index >= 15 is 0 Å². The number of halogens is 2. The molecule has 1 atom stereocenters. The number of nitrogens with zero attached hydrogens (tertiary/aromatic N) is 1. The molecule has 0 spiro atoms. The van der Waals surface area contributed by atoms with Crippen LogP contribution in [0.25, 0.3) is 0 Å². The lowest BCUT2D eigenvalue weighted by Crippen LogP contribution is -2.51. The molecule has 3 aromatic rings. The fourth-order valence-corrected chi connectivity index (χ4v) is 4.73. The highest BCUT2D eigenvalue weighted by atomic mass is 35.5. The molecule has 2 amide bonds. The highest BCUT2D eigenvalue weighted by Crippen LogP contribution is 2.33. The van der Waals surface area contributed by atoms with Crippen molar-refractivity contribution >= 4 is 35.0 Å². The van der Waals surface area contributed by atoms with E-state index in [-0.39, 0.29) is 37.6 Å². The van der Waals surface area contributed by atoms with Crippen molar-refractivity contribution in [1.82, 2.24) is 10.2 Å². The number of hydrogen-bond acceptors (Lipinski definition) is 4. The topological polar surface area (TPSA) is 67.9 Å². The molecule has 0 saturated carbocycles. The quantitative estimate of drug-likeness (QED) is 0.351. The van der Waals surface area contributed by atoms with E-state index in [1.807, 2.05) is 62.4 Å². The molecule has 1 heterocycles. The Bertz CT molecular complexity index is 1250. The normalized spacial score (nSPS) is 12.9. The van der Waals surface area contributed by atoms with Crippen molar-refractivity contribution in [3.8, 4) is 11.5 Å². The van der Waals surface area contributed by atoms with Gasteiger partial charge in [-0.3, -0.25) is 9.59 Å². The first-order valence-electron chi connectivity index (χ1n) is 12.3. The molecule has 0 aromatic heterocycles. The third kappa shape index (κ3) is 7.18. The number of rotatable bonds is 10. The maximum absolute atomic E-state index is 13.8. The standard InChI is InChI=1S/C29H30Cl2N2O4/c1-19(2)32-29(35)25(14-20-6-4-3-5-7-20)33(17-22-10-11-23(30)16-24(22)31)28(34)13-9-21-8-12-26-27(15-21)37-18-36-26/h3-8,10-12,15-16,19,25H,9,13-14,17-18H2,1-2H3,(H,32,35)/t25-/m0/s1. The van der Waals surface area contributed by atoms with Crippen LogP contribution in [0.15, 0.2) is 66.7 Å². The van der Waals surface area contributed by atoms with Gasteiger partial charge in [-0.05, 0) is 61.2 Å². The van der Waals surface area contributed by atoms with E-state index in [9.17, 15) is 9.59 Å². The minimum atomic E-state index is -0.721. The van der Waals surface area contributed by atoms with Gasteiger partial charge in [0.15, 0.2) is 11.5 Å². The van der Waals surface area contributed by atoms with Crippen LogP contribution < -0.4 is 14.8 Å².